The molecule has 1 aromatic heterocycles. The van der Waals surface area contributed by atoms with Gasteiger partial charge in [-0.25, -0.2) is 4.98 Å². The van der Waals surface area contributed by atoms with Crippen molar-refractivity contribution in [2.45, 2.75) is 76.7 Å². The SMILES string of the molecule is CCCCn1c(SCC(=O)N2C(C)CCCC2C)nc2ccccc2c1=O. The lowest BCUT2D eigenvalue weighted by atomic mass is 9.98. The van der Waals surface area contributed by atoms with Crippen LogP contribution in [-0.4, -0.2) is 38.2 Å². The van der Waals surface area contributed by atoms with Crippen LogP contribution in [0.4, 0.5) is 0 Å². The molecular weight excluding hydrogens is 358 g/mol. The van der Waals surface area contributed by atoms with Gasteiger partial charge in [0.1, 0.15) is 0 Å². The molecule has 1 saturated heterocycles. The monoisotopic (exact) mass is 387 g/mol. The molecule has 1 amide bonds. The van der Waals surface area contributed by atoms with Crippen LogP contribution in [0, 0.1) is 0 Å². The number of piperidine rings is 1. The molecular formula is C21H29N3O2S. The molecule has 2 heterocycles. The number of fused-ring (bicyclic) bond motifs is 1. The van der Waals surface area contributed by atoms with E-state index in [-0.39, 0.29) is 23.6 Å². The number of hydrogen-bond acceptors (Lipinski definition) is 4. The Morgan fingerprint density at radius 3 is 2.63 bits per heavy atom. The fourth-order valence-electron chi connectivity index (χ4n) is 3.88. The summed E-state index contributed by atoms with van der Waals surface area (Å²) in [4.78, 5) is 32.5. The van der Waals surface area contributed by atoms with Crippen molar-refractivity contribution in [1.82, 2.24) is 14.5 Å². The molecule has 6 heteroatoms. The van der Waals surface area contributed by atoms with Crippen molar-refractivity contribution < 1.29 is 4.79 Å². The van der Waals surface area contributed by atoms with Gasteiger partial charge in [0, 0.05) is 18.6 Å². The molecule has 1 aromatic carbocycles. The zero-order valence-corrected chi connectivity index (χ0v) is 17.3. The van der Waals surface area contributed by atoms with Gasteiger partial charge in [-0.2, -0.15) is 0 Å². The van der Waals surface area contributed by atoms with Crippen LogP contribution in [0.2, 0.25) is 0 Å². The average molecular weight is 388 g/mol. The molecule has 0 spiro atoms. The first-order chi connectivity index (χ1) is 13.0. The van der Waals surface area contributed by atoms with Crippen LogP contribution in [0.15, 0.2) is 34.2 Å². The van der Waals surface area contributed by atoms with Gasteiger partial charge in [0.25, 0.3) is 5.56 Å². The van der Waals surface area contributed by atoms with Gasteiger partial charge in [0.15, 0.2) is 5.16 Å². The molecule has 146 valence electrons. The Labute approximate surface area is 165 Å². The molecule has 0 radical (unpaired) electrons. The van der Waals surface area contributed by atoms with Crippen molar-refractivity contribution in [2.24, 2.45) is 0 Å². The van der Waals surface area contributed by atoms with Crippen LogP contribution in [0.1, 0.15) is 52.9 Å². The summed E-state index contributed by atoms with van der Waals surface area (Å²) in [6, 6.07) is 8.01. The van der Waals surface area contributed by atoms with Crippen LogP contribution >= 0.6 is 11.8 Å². The Balaban J connectivity index is 1.84. The molecule has 0 saturated carbocycles. The molecule has 3 rings (SSSR count). The molecule has 0 aliphatic carbocycles. The Morgan fingerprint density at radius 2 is 1.93 bits per heavy atom. The third kappa shape index (κ3) is 4.37. The van der Waals surface area contributed by atoms with Gasteiger partial charge in [-0.15, -0.1) is 0 Å². The predicted octanol–water partition coefficient (Wildman–Crippen LogP) is 4.08. The number of benzene rings is 1. The third-order valence-corrected chi connectivity index (χ3v) is 6.33. The molecule has 2 unspecified atom stereocenters. The fraction of sp³-hybridized carbons (Fsp3) is 0.571. The second-order valence-electron chi connectivity index (χ2n) is 7.44. The van der Waals surface area contributed by atoms with Gasteiger partial charge in [0.05, 0.1) is 16.7 Å². The largest absolute Gasteiger partial charge is 0.337 e. The summed E-state index contributed by atoms with van der Waals surface area (Å²) >= 11 is 1.39. The quantitative estimate of drug-likeness (QED) is 0.554. The standard InChI is InChI=1S/C21H29N3O2S/c1-4-5-13-23-20(26)17-11-6-7-12-18(17)22-21(23)27-14-19(25)24-15(2)9-8-10-16(24)3/h6-7,11-12,15-16H,4-5,8-10,13-14H2,1-3H3. The second-order valence-corrected chi connectivity index (χ2v) is 8.38. The van der Waals surface area contributed by atoms with Crippen LogP contribution in [0.3, 0.4) is 0 Å². The maximum absolute atomic E-state index is 12.9. The van der Waals surface area contributed by atoms with Crippen LogP contribution in [0.5, 0.6) is 0 Å². The smallest absolute Gasteiger partial charge is 0.262 e. The number of likely N-dealkylation sites (tertiary alicyclic amines) is 1. The zero-order chi connectivity index (χ0) is 19.4. The van der Waals surface area contributed by atoms with E-state index in [0.29, 0.717) is 28.4 Å². The molecule has 1 fully saturated rings. The second kappa shape index (κ2) is 8.91. The molecule has 2 atom stereocenters. The van der Waals surface area contributed by atoms with E-state index in [1.54, 1.807) is 4.57 Å². The van der Waals surface area contributed by atoms with E-state index in [4.69, 9.17) is 4.98 Å². The summed E-state index contributed by atoms with van der Waals surface area (Å²) in [6.45, 7) is 7.00. The van der Waals surface area contributed by atoms with E-state index >= 15 is 0 Å². The first-order valence-electron chi connectivity index (χ1n) is 9.96. The number of nitrogens with zero attached hydrogens (tertiary/aromatic N) is 3. The number of thioether (sulfide) groups is 1. The maximum Gasteiger partial charge on any atom is 0.262 e. The molecule has 27 heavy (non-hydrogen) atoms. The molecule has 5 nitrogen and oxygen atoms in total. The van der Waals surface area contributed by atoms with E-state index < -0.39 is 0 Å². The highest BCUT2D eigenvalue weighted by molar-refractivity contribution is 7.99. The van der Waals surface area contributed by atoms with E-state index in [1.165, 1.54) is 18.2 Å². The number of rotatable bonds is 6. The van der Waals surface area contributed by atoms with Crippen molar-refractivity contribution in [3.05, 3.63) is 34.6 Å². The first kappa shape index (κ1) is 19.9. The van der Waals surface area contributed by atoms with Gasteiger partial charge in [-0.05, 0) is 51.7 Å². The molecule has 0 N–H and O–H groups in total. The van der Waals surface area contributed by atoms with Crippen LogP contribution in [0.25, 0.3) is 10.9 Å². The van der Waals surface area contributed by atoms with Crippen molar-refractivity contribution >= 4 is 28.6 Å². The summed E-state index contributed by atoms with van der Waals surface area (Å²) in [5, 5.41) is 1.29. The highest BCUT2D eigenvalue weighted by Crippen LogP contribution is 2.25. The van der Waals surface area contributed by atoms with Crippen LogP contribution < -0.4 is 5.56 Å². The van der Waals surface area contributed by atoms with Crippen molar-refractivity contribution in [3.8, 4) is 0 Å². The van der Waals surface area contributed by atoms with Gasteiger partial charge < -0.3 is 4.90 Å². The van der Waals surface area contributed by atoms with Gasteiger partial charge in [-0.1, -0.05) is 37.2 Å². The summed E-state index contributed by atoms with van der Waals surface area (Å²) < 4.78 is 1.74. The maximum atomic E-state index is 12.9. The summed E-state index contributed by atoms with van der Waals surface area (Å²) in [5.41, 5.74) is 0.689. The van der Waals surface area contributed by atoms with E-state index in [0.717, 1.165) is 25.7 Å². The highest BCUT2D eigenvalue weighted by Gasteiger charge is 2.29. The minimum atomic E-state index is -0.0105. The first-order valence-corrected chi connectivity index (χ1v) is 10.9. The number of carbonyl (C=O) groups is 1. The molecule has 1 aliphatic rings. The molecule has 2 aromatic rings. The summed E-state index contributed by atoms with van der Waals surface area (Å²) in [5.74, 6) is 0.468. The fourth-order valence-corrected chi connectivity index (χ4v) is 4.78. The Kier molecular flexibility index (Phi) is 6.58. The van der Waals surface area contributed by atoms with Crippen molar-refractivity contribution in [2.75, 3.05) is 5.75 Å². The number of para-hydroxylation sites is 1. The Morgan fingerprint density at radius 1 is 1.22 bits per heavy atom. The number of aromatic nitrogens is 2. The Hall–Kier alpha value is -1.82. The van der Waals surface area contributed by atoms with Crippen molar-refractivity contribution in [3.63, 3.8) is 0 Å². The predicted molar refractivity (Wildman–Crippen MR) is 111 cm³/mol. The van der Waals surface area contributed by atoms with Crippen LogP contribution in [-0.2, 0) is 11.3 Å². The van der Waals surface area contributed by atoms with E-state index in [2.05, 4.69) is 20.8 Å². The summed E-state index contributed by atoms with van der Waals surface area (Å²) in [6.07, 6.45) is 5.24. The molecule has 0 bridgehead atoms. The molecule has 1 aliphatic heterocycles. The van der Waals surface area contributed by atoms with E-state index in [9.17, 15) is 9.59 Å². The average Bonchev–Trinajstić information content (AvgIpc) is 2.65. The minimum Gasteiger partial charge on any atom is -0.337 e. The van der Waals surface area contributed by atoms with Crippen molar-refractivity contribution in [1.29, 1.82) is 0 Å². The summed E-state index contributed by atoms with van der Waals surface area (Å²) in [7, 11) is 0. The minimum absolute atomic E-state index is 0.0105. The van der Waals surface area contributed by atoms with E-state index in [1.807, 2.05) is 29.2 Å². The lowest BCUT2D eigenvalue weighted by molar-refractivity contribution is -0.134. The third-order valence-electron chi connectivity index (χ3n) is 5.37. The lowest BCUT2D eigenvalue weighted by Gasteiger charge is -2.39. The van der Waals surface area contributed by atoms with Gasteiger partial charge in [-0.3, -0.25) is 14.2 Å². The number of unbranched alkanes of at least 4 members (excludes halogenated alkanes) is 1. The number of hydrogen-bond donors (Lipinski definition) is 0. The number of carbonyl (C=O) groups excluding carboxylic acids is 1. The van der Waals surface area contributed by atoms with Gasteiger partial charge in [0.2, 0.25) is 5.91 Å². The Bertz CT molecular complexity index is 854. The highest BCUT2D eigenvalue weighted by atomic mass is 32.2. The normalized spacial score (nSPS) is 20.2. The zero-order valence-electron chi connectivity index (χ0n) is 16.5. The number of amides is 1. The lowest BCUT2D eigenvalue weighted by Crippen LogP contribution is -2.48. The van der Waals surface area contributed by atoms with Gasteiger partial charge >= 0.3 is 0 Å². The topological polar surface area (TPSA) is 55.2 Å².